The normalized spacial score (nSPS) is 31.0. The molecule has 3 heteroatoms. The number of hydrogen-bond acceptors (Lipinski definition) is 3. The molecule has 108 valence electrons. The quantitative estimate of drug-likeness (QED) is 0.613. The maximum absolute atomic E-state index is 9.12. The van der Waals surface area contributed by atoms with Crippen molar-refractivity contribution in [2.24, 2.45) is 11.7 Å². The van der Waals surface area contributed by atoms with Crippen LogP contribution in [0.5, 0.6) is 0 Å². The van der Waals surface area contributed by atoms with E-state index in [0.717, 1.165) is 25.3 Å². The molecule has 0 bridgehead atoms. The van der Waals surface area contributed by atoms with E-state index in [9.17, 15) is 0 Å². The van der Waals surface area contributed by atoms with Gasteiger partial charge in [-0.3, -0.25) is 0 Å². The molecule has 3 nitrogen and oxygen atoms in total. The molecule has 0 heterocycles. The smallest absolute Gasteiger partial charge is 0.0445 e. The Morgan fingerprint density at radius 2 is 2.11 bits per heavy atom. The molecule has 0 spiro atoms. The lowest BCUT2D eigenvalue weighted by Gasteiger charge is -2.37. The van der Waals surface area contributed by atoms with Crippen LogP contribution in [0, 0.1) is 5.92 Å². The molecule has 0 aromatic carbocycles. The Balaban J connectivity index is 2.60. The third kappa shape index (κ3) is 4.52. The zero-order valence-electron chi connectivity index (χ0n) is 12.3. The first-order valence-electron chi connectivity index (χ1n) is 7.78. The average molecular weight is 256 g/mol. The van der Waals surface area contributed by atoms with E-state index in [2.05, 4.69) is 19.2 Å². The van der Waals surface area contributed by atoms with Gasteiger partial charge in [-0.15, -0.1) is 0 Å². The van der Waals surface area contributed by atoms with Crippen molar-refractivity contribution >= 4 is 0 Å². The first-order valence-corrected chi connectivity index (χ1v) is 7.78. The van der Waals surface area contributed by atoms with Crippen LogP contribution in [-0.2, 0) is 0 Å². The minimum Gasteiger partial charge on any atom is -0.396 e. The van der Waals surface area contributed by atoms with Gasteiger partial charge in [-0.2, -0.15) is 0 Å². The van der Waals surface area contributed by atoms with E-state index in [0.29, 0.717) is 6.04 Å². The minimum absolute atomic E-state index is 0.125. The van der Waals surface area contributed by atoms with E-state index < -0.39 is 0 Å². The predicted molar refractivity (Wildman–Crippen MR) is 77.6 cm³/mol. The fourth-order valence-corrected chi connectivity index (χ4v) is 3.26. The molecule has 4 N–H and O–H groups in total. The molecule has 0 saturated heterocycles. The highest BCUT2D eigenvalue weighted by Gasteiger charge is 2.32. The van der Waals surface area contributed by atoms with Gasteiger partial charge in [-0.05, 0) is 38.0 Å². The molecule has 3 atom stereocenters. The zero-order valence-corrected chi connectivity index (χ0v) is 12.3. The van der Waals surface area contributed by atoms with E-state index in [4.69, 9.17) is 10.8 Å². The maximum atomic E-state index is 9.12. The Labute approximate surface area is 113 Å². The molecule has 3 unspecified atom stereocenters. The second-order valence-electron chi connectivity index (χ2n) is 5.95. The predicted octanol–water partition coefficient (Wildman–Crippen LogP) is 2.42. The molecular formula is C15H32N2O. The summed E-state index contributed by atoms with van der Waals surface area (Å²) in [6.07, 6.45) is 9.56. The van der Waals surface area contributed by atoms with Crippen LogP contribution in [0.2, 0.25) is 0 Å². The minimum atomic E-state index is 0.125. The van der Waals surface area contributed by atoms with E-state index >= 15 is 0 Å². The topological polar surface area (TPSA) is 58.3 Å². The van der Waals surface area contributed by atoms with Gasteiger partial charge < -0.3 is 16.2 Å². The molecule has 18 heavy (non-hydrogen) atoms. The van der Waals surface area contributed by atoms with Crippen LogP contribution >= 0.6 is 0 Å². The van der Waals surface area contributed by atoms with Gasteiger partial charge >= 0.3 is 0 Å². The fourth-order valence-electron chi connectivity index (χ4n) is 3.26. The van der Waals surface area contributed by atoms with Crippen molar-refractivity contribution < 1.29 is 5.11 Å². The van der Waals surface area contributed by atoms with Gasteiger partial charge in [-0.1, -0.05) is 33.1 Å². The molecule has 0 aromatic rings. The summed E-state index contributed by atoms with van der Waals surface area (Å²) in [4.78, 5) is 0. The lowest BCUT2D eigenvalue weighted by Crippen LogP contribution is -2.55. The molecule has 1 rings (SSSR count). The zero-order chi connectivity index (χ0) is 13.4. The van der Waals surface area contributed by atoms with Crippen molar-refractivity contribution in [3.63, 3.8) is 0 Å². The molecule has 1 fully saturated rings. The van der Waals surface area contributed by atoms with Gasteiger partial charge in [0, 0.05) is 24.7 Å². The number of aliphatic hydroxyl groups is 1. The summed E-state index contributed by atoms with van der Waals surface area (Å²) in [6.45, 7) is 5.48. The first-order chi connectivity index (χ1) is 8.69. The lowest BCUT2D eigenvalue weighted by molar-refractivity contribution is 0.210. The highest BCUT2D eigenvalue weighted by Crippen LogP contribution is 2.32. The first kappa shape index (κ1) is 15.9. The number of aliphatic hydroxyl groups excluding tert-OH is 1. The Hall–Kier alpha value is -0.120. The van der Waals surface area contributed by atoms with Crippen molar-refractivity contribution in [2.45, 2.75) is 76.8 Å². The van der Waals surface area contributed by atoms with Crippen molar-refractivity contribution in [2.75, 3.05) is 13.2 Å². The molecule has 0 radical (unpaired) electrons. The lowest BCUT2D eigenvalue weighted by atomic mass is 9.87. The molecule has 1 saturated carbocycles. The van der Waals surface area contributed by atoms with Crippen LogP contribution < -0.4 is 11.1 Å². The van der Waals surface area contributed by atoms with Crippen molar-refractivity contribution in [1.29, 1.82) is 0 Å². The summed E-state index contributed by atoms with van der Waals surface area (Å²) in [6, 6.07) is 0.414. The third-order valence-electron chi connectivity index (χ3n) is 4.75. The number of nitrogens with one attached hydrogen (secondary N) is 1. The summed E-state index contributed by atoms with van der Waals surface area (Å²) in [5.41, 5.74) is 6.19. The Bertz CT molecular complexity index is 223. The number of rotatable bonds is 7. The highest BCUT2D eigenvalue weighted by atomic mass is 16.3. The van der Waals surface area contributed by atoms with Crippen molar-refractivity contribution in [3.8, 4) is 0 Å². The summed E-state index contributed by atoms with van der Waals surface area (Å²) in [7, 11) is 0. The van der Waals surface area contributed by atoms with Gasteiger partial charge in [0.05, 0.1) is 0 Å². The standard InChI is InChI=1S/C15H32N2O/c1-3-13-6-5-9-15(12-16,10-7-13)17-14(4-2)8-11-18/h13-14,17-18H,3-12,16H2,1-2H3. The van der Waals surface area contributed by atoms with Gasteiger partial charge in [0.25, 0.3) is 0 Å². The van der Waals surface area contributed by atoms with Crippen LogP contribution in [-0.4, -0.2) is 29.8 Å². The van der Waals surface area contributed by atoms with Gasteiger partial charge in [0.1, 0.15) is 0 Å². The SMILES string of the molecule is CCC1CCCC(CN)(NC(CC)CCO)CC1. The summed E-state index contributed by atoms with van der Waals surface area (Å²) < 4.78 is 0. The van der Waals surface area contributed by atoms with Gasteiger partial charge in [0.15, 0.2) is 0 Å². The fraction of sp³-hybridized carbons (Fsp3) is 1.00. The van der Waals surface area contributed by atoms with Gasteiger partial charge in [0.2, 0.25) is 0 Å². The Kier molecular flexibility index (Phi) is 7.20. The van der Waals surface area contributed by atoms with E-state index in [1.807, 2.05) is 0 Å². The Morgan fingerprint density at radius 3 is 2.67 bits per heavy atom. The second-order valence-corrected chi connectivity index (χ2v) is 5.95. The third-order valence-corrected chi connectivity index (χ3v) is 4.75. The van der Waals surface area contributed by atoms with E-state index in [1.165, 1.54) is 38.5 Å². The number of nitrogens with two attached hydrogens (primary N) is 1. The summed E-state index contributed by atoms with van der Waals surface area (Å²) in [5, 5.41) is 12.9. The monoisotopic (exact) mass is 256 g/mol. The maximum Gasteiger partial charge on any atom is 0.0445 e. The molecule has 1 aliphatic carbocycles. The van der Waals surface area contributed by atoms with Crippen molar-refractivity contribution in [1.82, 2.24) is 5.32 Å². The molecule has 0 aromatic heterocycles. The van der Waals surface area contributed by atoms with Crippen LogP contribution in [0.1, 0.15) is 65.2 Å². The molecule has 1 aliphatic rings. The molecule has 0 amide bonds. The molecular weight excluding hydrogens is 224 g/mol. The van der Waals surface area contributed by atoms with Crippen LogP contribution in [0.3, 0.4) is 0 Å². The summed E-state index contributed by atoms with van der Waals surface area (Å²) in [5.74, 6) is 0.887. The van der Waals surface area contributed by atoms with E-state index in [-0.39, 0.29) is 12.1 Å². The largest absolute Gasteiger partial charge is 0.396 e. The summed E-state index contributed by atoms with van der Waals surface area (Å²) >= 11 is 0. The van der Waals surface area contributed by atoms with Crippen LogP contribution in [0.4, 0.5) is 0 Å². The molecule has 0 aliphatic heterocycles. The Morgan fingerprint density at radius 1 is 1.33 bits per heavy atom. The highest BCUT2D eigenvalue weighted by molar-refractivity contribution is 4.94. The van der Waals surface area contributed by atoms with Crippen LogP contribution in [0.25, 0.3) is 0 Å². The van der Waals surface area contributed by atoms with Gasteiger partial charge in [-0.25, -0.2) is 0 Å². The van der Waals surface area contributed by atoms with E-state index in [1.54, 1.807) is 0 Å². The number of hydrogen-bond donors (Lipinski definition) is 3. The van der Waals surface area contributed by atoms with Crippen LogP contribution in [0.15, 0.2) is 0 Å². The second kappa shape index (κ2) is 8.13. The average Bonchev–Trinajstić information content (AvgIpc) is 2.61. The van der Waals surface area contributed by atoms with Crippen molar-refractivity contribution in [3.05, 3.63) is 0 Å².